The van der Waals surface area contributed by atoms with Gasteiger partial charge in [0.25, 0.3) is 0 Å². The lowest BCUT2D eigenvalue weighted by Crippen LogP contribution is -2.25. The van der Waals surface area contributed by atoms with Gasteiger partial charge < -0.3 is 4.90 Å². The predicted molar refractivity (Wildman–Crippen MR) is 121 cm³/mol. The third-order valence-corrected chi connectivity index (χ3v) is 4.98. The van der Waals surface area contributed by atoms with Crippen molar-refractivity contribution in [2.45, 2.75) is 19.9 Å². The number of hydrogen-bond donors (Lipinski definition) is 0. The lowest BCUT2D eigenvalue weighted by molar-refractivity contribution is 0.789. The second-order valence-electron chi connectivity index (χ2n) is 7.30. The summed E-state index contributed by atoms with van der Waals surface area (Å²) in [5.74, 6) is 0. The van der Waals surface area contributed by atoms with E-state index < -0.39 is 0 Å². The third-order valence-electron chi connectivity index (χ3n) is 4.98. The van der Waals surface area contributed by atoms with Gasteiger partial charge in [-0.2, -0.15) is 0 Å². The number of rotatable bonds is 5. The Bertz CT molecular complexity index is 953. The van der Waals surface area contributed by atoms with E-state index in [4.69, 9.17) is 0 Å². The standard InChI is InChI=1S/C27H25N/c1-21(2)28(26-17-9-15-24(19-26)22-11-5-3-6-12-22)27-18-10-16-25(20-27)23-13-7-4-8-14-23/h3-21H,1-2H3. The fourth-order valence-electron chi connectivity index (χ4n) is 3.68. The van der Waals surface area contributed by atoms with E-state index in [1.807, 2.05) is 0 Å². The van der Waals surface area contributed by atoms with E-state index in [2.05, 4.69) is 128 Å². The average Bonchev–Trinajstić information content (AvgIpc) is 2.75. The maximum atomic E-state index is 2.40. The first kappa shape index (κ1) is 18.1. The molecule has 0 amide bonds. The minimum absolute atomic E-state index is 0.344. The zero-order chi connectivity index (χ0) is 19.3. The van der Waals surface area contributed by atoms with Crippen molar-refractivity contribution in [3.05, 3.63) is 109 Å². The molecule has 0 aromatic heterocycles. The molecule has 0 atom stereocenters. The zero-order valence-electron chi connectivity index (χ0n) is 16.4. The van der Waals surface area contributed by atoms with Crippen LogP contribution in [0.1, 0.15) is 13.8 Å². The molecular weight excluding hydrogens is 338 g/mol. The van der Waals surface area contributed by atoms with Gasteiger partial charge in [-0.05, 0) is 60.4 Å². The fraction of sp³-hybridized carbons (Fsp3) is 0.111. The molecule has 0 unspecified atom stereocenters. The number of benzene rings is 4. The lowest BCUT2D eigenvalue weighted by Gasteiger charge is -2.30. The number of anilines is 2. The fourth-order valence-corrected chi connectivity index (χ4v) is 3.68. The van der Waals surface area contributed by atoms with Crippen LogP contribution in [-0.2, 0) is 0 Å². The van der Waals surface area contributed by atoms with E-state index in [9.17, 15) is 0 Å². The van der Waals surface area contributed by atoms with Gasteiger partial charge in [0, 0.05) is 17.4 Å². The molecule has 0 bridgehead atoms. The normalized spacial score (nSPS) is 10.8. The van der Waals surface area contributed by atoms with Gasteiger partial charge in [-0.1, -0.05) is 84.9 Å². The van der Waals surface area contributed by atoms with E-state index in [1.165, 1.54) is 33.6 Å². The van der Waals surface area contributed by atoms with Crippen LogP contribution >= 0.6 is 0 Å². The predicted octanol–water partition coefficient (Wildman–Crippen LogP) is 7.57. The van der Waals surface area contributed by atoms with Gasteiger partial charge in [0.05, 0.1) is 0 Å². The smallest absolute Gasteiger partial charge is 0.0419 e. The van der Waals surface area contributed by atoms with Crippen molar-refractivity contribution in [1.29, 1.82) is 0 Å². The largest absolute Gasteiger partial charge is 0.339 e. The van der Waals surface area contributed by atoms with Crippen LogP contribution < -0.4 is 4.90 Å². The van der Waals surface area contributed by atoms with Crippen LogP contribution in [0.25, 0.3) is 22.3 Å². The molecule has 1 heteroatoms. The Balaban J connectivity index is 1.75. The van der Waals surface area contributed by atoms with Crippen molar-refractivity contribution in [3.63, 3.8) is 0 Å². The molecule has 4 aromatic rings. The molecule has 0 saturated carbocycles. The van der Waals surface area contributed by atoms with Crippen LogP contribution in [0.4, 0.5) is 11.4 Å². The minimum atomic E-state index is 0.344. The van der Waals surface area contributed by atoms with Crippen molar-refractivity contribution in [2.75, 3.05) is 4.90 Å². The molecule has 0 aliphatic rings. The van der Waals surface area contributed by atoms with Crippen LogP contribution in [-0.4, -0.2) is 6.04 Å². The van der Waals surface area contributed by atoms with E-state index >= 15 is 0 Å². The Morgan fingerprint density at radius 3 is 1.25 bits per heavy atom. The molecule has 0 fully saturated rings. The van der Waals surface area contributed by atoms with Crippen molar-refractivity contribution >= 4 is 11.4 Å². The Hall–Kier alpha value is -3.32. The van der Waals surface area contributed by atoms with Gasteiger partial charge in [0.15, 0.2) is 0 Å². The zero-order valence-corrected chi connectivity index (χ0v) is 16.4. The molecule has 4 rings (SSSR count). The van der Waals surface area contributed by atoms with Gasteiger partial charge in [-0.25, -0.2) is 0 Å². The van der Waals surface area contributed by atoms with Crippen molar-refractivity contribution in [1.82, 2.24) is 0 Å². The summed E-state index contributed by atoms with van der Waals surface area (Å²) in [6.07, 6.45) is 0. The number of nitrogens with zero attached hydrogens (tertiary/aromatic N) is 1. The van der Waals surface area contributed by atoms with Gasteiger partial charge in [0.2, 0.25) is 0 Å². The maximum Gasteiger partial charge on any atom is 0.0419 e. The second kappa shape index (κ2) is 8.14. The number of hydrogen-bond acceptors (Lipinski definition) is 1. The highest BCUT2D eigenvalue weighted by molar-refractivity contribution is 5.75. The Labute approximate surface area is 167 Å². The van der Waals surface area contributed by atoms with Crippen LogP contribution in [0.2, 0.25) is 0 Å². The molecule has 138 valence electrons. The van der Waals surface area contributed by atoms with Gasteiger partial charge >= 0.3 is 0 Å². The van der Waals surface area contributed by atoms with E-state index in [1.54, 1.807) is 0 Å². The molecule has 0 N–H and O–H groups in total. The summed E-state index contributed by atoms with van der Waals surface area (Å²) in [4.78, 5) is 2.40. The Kier molecular flexibility index (Phi) is 5.25. The van der Waals surface area contributed by atoms with Gasteiger partial charge in [-0.15, -0.1) is 0 Å². The summed E-state index contributed by atoms with van der Waals surface area (Å²) < 4.78 is 0. The summed E-state index contributed by atoms with van der Waals surface area (Å²) in [7, 11) is 0. The second-order valence-corrected chi connectivity index (χ2v) is 7.30. The lowest BCUT2D eigenvalue weighted by atomic mass is 10.0. The molecule has 1 nitrogen and oxygen atoms in total. The van der Waals surface area contributed by atoms with Crippen LogP contribution in [0.5, 0.6) is 0 Å². The summed E-state index contributed by atoms with van der Waals surface area (Å²) in [5, 5.41) is 0. The molecule has 0 radical (unpaired) electrons. The molecule has 0 heterocycles. The summed E-state index contributed by atoms with van der Waals surface area (Å²) >= 11 is 0. The molecular formula is C27H25N. The maximum absolute atomic E-state index is 2.40. The molecule has 4 aromatic carbocycles. The summed E-state index contributed by atoms with van der Waals surface area (Å²) in [5.41, 5.74) is 7.38. The molecule has 0 saturated heterocycles. The topological polar surface area (TPSA) is 3.24 Å². The molecule has 28 heavy (non-hydrogen) atoms. The molecule has 0 spiro atoms. The van der Waals surface area contributed by atoms with E-state index in [0.717, 1.165) is 0 Å². The van der Waals surface area contributed by atoms with Crippen molar-refractivity contribution in [3.8, 4) is 22.3 Å². The van der Waals surface area contributed by atoms with Crippen LogP contribution in [0.3, 0.4) is 0 Å². The van der Waals surface area contributed by atoms with Crippen LogP contribution in [0, 0.1) is 0 Å². The van der Waals surface area contributed by atoms with Gasteiger partial charge in [-0.3, -0.25) is 0 Å². The van der Waals surface area contributed by atoms with Crippen molar-refractivity contribution in [2.24, 2.45) is 0 Å². The summed E-state index contributed by atoms with van der Waals surface area (Å²) in [6.45, 7) is 4.48. The first-order valence-corrected chi connectivity index (χ1v) is 9.82. The quantitative estimate of drug-likeness (QED) is 0.353. The van der Waals surface area contributed by atoms with Gasteiger partial charge in [0.1, 0.15) is 0 Å². The third kappa shape index (κ3) is 3.84. The first-order chi connectivity index (χ1) is 13.7. The molecule has 0 aliphatic carbocycles. The van der Waals surface area contributed by atoms with Crippen molar-refractivity contribution < 1.29 is 0 Å². The van der Waals surface area contributed by atoms with Crippen LogP contribution in [0.15, 0.2) is 109 Å². The first-order valence-electron chi connectivity index (χ1n) is 9.82. The monoisotopic (exact) mass is 363 g/mol. The molecule has 0 aliphatic heterocycles. The SMILES string of the molecule is CC(C)N(c1cccc(-c2ccccc2)c1)c1cccc(-c2ccccc2)c1. The highest BCUT2D eigenvalue weighted by atomic mass is 15.2. The Morgan fingerprint density at radius 1 is 0.464 bits per heavy atom. The highest BCUT2D eigenvalue weighted by Gasteiger charge is 2.14. The average molecular weight is 364 g/mol. The summed E-state index contributed by atoms with van der Waals surface area (Å²) in [6, 6.07) is 39.1. The van der Waals surface area contributed by atoms with E-state index in [0.29, 0.717) is 6.04 Å². The minimum Gasteiger partial charge on any atom is -0.339 e. The van der Waals surface area contributed by atoms with E-state index in [-0.39, 0.29) is 0 Å². The Morgan fingerprint density at radius 2 is 0.857 bits per heavy atom. The highest BCUT2D eigenvalue weighted by Crippen LogP contribution is 2.33.